The molecule has 0 fully saturated rings. The van der Waals surface area contributed by atoms with Crippen molar-refractivity contribution in [2.75, 3.05) is 6.54 Å². The summed E-state index contributed by atoms with van der Waals surface area (Å²) < 4.78 is 2.01. The van der Waals surface area contributed by atoms with Gasteiger partial charge in [0.05, 0.1) is 0 Å². The Bertz CT molecular complexity index is 470. The van der Waals surface area contributed by atoms with Crippen molar-refractivity contribution in [3.63, 3.8) is 0 Å². The first-order valence-corrected chi connectivity index (χ1v) is 6.44. The average molecular weight is 246 g/mol. The molecule has 90 valence electrons. The summed E-state index contributed by atoms with van der Waals surface area (Å²) in [7, 11) is 0. The largest absolute Gasteiger partial charge is 0.759 e. The van der Waals surface area contributed by atoms with Crippen LogP contribution in [-0.4, -0.2) is 22.0 Å². The van der Waals surface area contributed by atoms with Crippen LogP contribution in [0.3, 0.4) is 0 Å². The fraction of sp³-hybridized carbons (Fsp3) is 0.429. The fourth-order valence-corrected chi connectivity index (χ4v) is 2.13. The van der Waals surface area contributed by atoms with Gasteiger partial charge in [0.1, 0.15) is 0 Å². The molecule has 0 bridgehead atoms. The number of benzene rings is 1. The number of nitrogens with zero attached hydrogens (tertiary/aromatic N) is 2. The summed E-state index contributed by atoms with van der Waals surface area (Å²) in [5, 5.41) is 5.16. The second-order valence-electron chi connectivity index (χ2n) is 4.73. The lowest BCUT2D eigenvalue weighted by molar-refractivity contribution is -0.522. The molecule has 0 saturated carbocycles. The molecule has 1 aliphatic rings. The van der Waals surface area contributed by atoms with Gasteiger partial charge in [-0.3, -0.25) is 0 Å². The Hall–Kier alpha value is -1.22. The zero-order chi connectivity index (χ0) is 12.4. The van der Waals surface area contributed by atoms with Gasteiger partial charge in [0.2, 0.25) is 5.71 Å². The van der Waals surface area contributed by atoms with Crippen molar-refractivity contribution in [1.29, 1.82) is 0 Å². The molecule has 0 spiro atoms. The minimum atomic E-state index is 0.577. The summed E-state index contributed by atoms with van der Waals surface area (Å²) in [6.07, 6.45) is 0.900. The molecule has 0 amide bonds. The van der Waals surface area contributed by atoms with Crippen molar-refractivity contribution in [2.24, 2.45) is 5.10 Å². The molecule has 0 aliphatic carbocycles. The molecule has 1 aromatic rings. The Morgan fingerprint density at radius 3 is 2.41 bits per heavy atom. The van der Waals surface area contributed by atoms with Gasteiger partial charge < -0.3 is 12.6 Å². The SMILES string of the molecule is C/C(c1ccc(C(C)C)cc1)=[N+]1\CCC([S-])=N1. The molecule has 1 heterocycles. The van der Waals surface area contributed by atoms with E-state index in [0.717, 1.165) is 18.0 Å². The van der Waals surface area contributed by atoms with E-state index in [2.05, 4.69) is 50.1 Å². The maximum absolute atomic E-state index is 5.10. The summed E-state index contributed by atoms with van der Waals surface area (Å²) in [5.74, 6) is 0.577. The van der Waals surface area contributed by atoms with Gasteiger partial charge in [-0.2, -0.15) is 0 Å². The lowest BCUT2D eigenvalue weighted by Crippen LogP contribution is -2.12. The van der Waals surface area contributed by atoms with E-state index >= 15 is 0 Å². The Morgan fingerprint density at radius 2 is 1.94 bits per heavy atom. The van der Waals surface area contributed by atoms with Gasteiger partial charge in [0.15, 0.2) is 6.54 Å². The maximum atomic E-state index is 5.10. The van der Waals surface area contributed by atoms with Gasteiger partial charge in [0, 0.05) is 18.9 Å². The van der Waals surface area contributed by atoms with Crippen LogP contribution in [0.1, 0.15) is 44.2 Å². The molecule has 0 aromatic heterocycles. The van der Waals surface area contributed by atoms with Gasteiger partial charge in [0.25, 0.3) is 0 Å². The van der Waals surface area contributed by atoms with Gasteiger partial charge in [-0.15, -0.1) is 0 Å². The predicted octanol–water partition coefficient (Wildman–Crippen LogP) is 2.90. The first kappa shape index (κ1) is 12.2. The van der Waals surface area contributed by atoms with Crippen LogP contribution in [0.25, 0.3) is 0 Å². The van der Waals surface area contributed by atoms with Crippen molar-refractivity contribution >= 4 is 23.4 Å². The van der Waals surface area contributed by atoms with E-state index in [4.69, 9.17) is 12.6 Å². The molecule has 3 heteroatoms. The molecule has 1 aromatic carbocycles. The molecule has 1 aliphatic heterocycles. The van der Waals surface area contributed by atoms with E-state index in [0.29, 0.717) is 5.92 Å². The highest BCUT2D eigenvalue weighted by Gasteiger charge is 2.16. The second kappa shape index (κ2) is 4.96. The third kappa shape index (κ3) is 2.72. The number of hydrogen-bond acceptors (Lipinski definition) is 2. The Labute approximate surface area is 108 Å². The van der Waals surface area contributed by atoms with Crippen LogP contribution >= 0.6 is 0 Å². The van der Waals surface area contributed by atoms with Crippen LogP contribution < -0.4 is 0 Å². The van der Waals surface area contributed by atoms with Crippen molar-refractivity contribution in [1.82, 2.24) is 0 Å². The van der Waals surface area contributed by atoms with E-state index in [1.807, 2.05) is 4.68 Å². The maximum Gasteiger partial charge on any atom is 0.212 e. The average Bonchev–Trinajstić information content (AvgIpc) is 2.75. The molecule has 0 N–H and O–H groups in total. The highest BCUT2D eigenvalue weighted by atomic mass is 32.1. The van der Waals surface area contributed by atoms with E-state index in [1.54, 1.807) is 0 Å². The summed E-state index contributed by atoms with van der Waals surface area (Å²) >= 11 is 5.10. The number of rotatable bonds is 2. The summed E-state index contributed by atoms with van der Waals surface area (Å²) in [6, 6.07) is 8.72. The van der Waals surface area contributed by atoms with Crippen LogP contribution in [0.15, 0.2) is 29.4 Å². The topological polar surface area (TPSA) is 15.4 Å². The Balaban J connectivity index is 2.29. The fourth-order valence-electron chi connectivity index (χ4n) is 1.94. The van der Waals surface area contributed by atoms with E-state index in [1.165, 1.54) is 16.8 Å². The molecule has 0 radical (unpaired) electrons. The normalized spacial score (nSPS) is 18.5. The van der Waals surface area contributed by atoms with Crippen molar-refractivity contribution < 1.29 is 4.68 Å². The molecule has 0 atom stereocenters. The second-order valence-corrected chi connectivity index (χ2v) is 5.20. The predicted molar refractivity (Wildman–Crippen MR) is 74.9 cm³/mol. The Kier molecular flexibility index (Phi) is 3.57. The molecule has 0 unspecified atom stereocenters. The monoisotopic (exact) mass is 246 g/mol. The van der Waals surface area contributed by atoms with Gasteiger partial charge in [-0.25, -0.2) is 0 Å². The number of hydrazone groups is 1. The first-order chi connectivity index (χ1) is 8.08. The van der Waals surface area contributed by atoms with E-state index in [-0.39, 0.29) is 0 Å². The van der Waals surface area contributed by atoms with Crippen LogP contribution in [0.5, 0.6) is 0 Å². The Morgan fingerprint density at radius 1 is 1.29 bits per heavy atom. The van der Waals surface area contributed by atoms with Crippen molar-refractivity contribution in [3.05, 3.63) is 35.4 Å². The van der Waals surface area contributed by atoms with Gasteiger partial charge >= 0.3 is 0 Å². The van der Waals surface area contributed by atoms with Gasteiger partial charge in [-0.05, 0) is 33.8 Å². The van der Waals surface area contributed by atoms with Crippen LogP contribution in [0.4, 0.5) is 0 Å². The van der Waals surface area contributed by atoms with Crippen LogP contribution in [0.2, 0.25) is 0 Å². The third-order valence-electron chi connectivity index (χ3n) is 3.15. The highest BCUT2D eigenvalue weighted by Crippen LogP contribution is 2.15. The molecule has 2 rings (SSSR count). The minimum Gasteiger partial charge on any atom is -0.759 e. The zero-order valence-electron chi connectivity index (χ0n) is 10.6. The molecule has 17 heavy (non-hydrogen) atoms. The summed E-state index contributed by atoms with van der Waals surface area (Å²) in [5.41, 5.74) is 3.78. The molecule has 2 nitrogen and oxygen atoms in total. The van der Waals surface area contributed by atoms with Crippen molar-refractivity contribution in [2.45, 2.75) is 33.1 Å². The molecular formula is C14H18N2S. The molecule has 0 saturated heterocycles. The van der Waals surface area contributed by atoms with Crippen LogP contribution in [0, 0.1) is 0 Å². The van der Waals surface area contributed by atoms with E-state index < -0.39 is 0 Å². The van der Waals surface area contributed by atoms with Crippen molar-refractivity contribution in [3.8, 4) is 0 Å². The highest BCUT2D eigenvalue weighted by molar-refractivity contribution is 7.77. The quantitative estimate of drug-likeness (QED) is 0.578. The smallest absolute Gasteiger partial charge is 0.212 e. The minimum absolute atomic E-state index is 0.577. The standard InChI is InChI=1S/C14H18N2S/c1-10(2)12-4-6-13(7-5-12)11(3)16-9-8-14(17)15-16/h4-7,10H,8-9H2,1-3H3/b16-11-. The number of hydrogen-bond donors (Lipinski definition) is 0. The van der Waals surface area contributed by atoms with Crippen LogP contribution in [-0.2, 0) is 12.6 Å². The first-order valence-electron chi connectivity index (χ1n) is 6.04. The summed E-state index contributed by atoms with van der Waals surface area (Å²) in [6.45, 7) is 7.43. The van der Waals surface area contributed by atoms with Gasteiger partial charge in [-0.1, -0.05) is 30.7 Å². The zero-order valence-corrected chi connectivity index (χ0v) is 11.4. The third-order valence-corrected chi connectivity index (χ3v) is 3.44. The summed E-state index contributed by atoms with van der Waals surface area (Å²) in [4.78, 5) is 0. The molecular weight excluding hydrogens is 228 g/mol. The lowest BCUT2D eigenvalue weighted by atomic mass is 10.0. The lowest BCUT2D eigenvalue weighted by Gasteiger charge is -2.05. The van der Waals surface area contributed by atoms with E-state index in [9.17, 15) is 0 Å².